The fourth-order valence-corrected chi connectivity index (χ4v) is 14.6. The van der Waals surface area contributed by atoms with Gasteiger partial charge < -0.3 is 29.2 Å². The zero-order chi connectivity index (χ0) is 72.2. The van der Waals surface area contributed by atoms with Gasteiger partial charge in [-0.1, -0.05) is 325 Å². The molecule has 2 unspecified atom stereocenters. The van der Waals surface area contributed by atoms with Crippen molar-refractivity contribution in [3.05, 3.63) is 138 Å². The van der Waals surface area contributed by atoms with Gasteiger partial charge in [-0.2, -0.15) is 0 Å². The Hall–Kier alpha value is -3.36. The Kier molecular flexibility index (Phi) is 20.2. The van der Waals surface area contributed by atoms with E-state index in [1.54, 1.807) is 0 Å². The van der Waals surface area contributed by atoms with Crippen molar-refractivity contribution in [3.8, 4) is 0 Å². The van der Waals surface area contributed by atoms with Gasteiger partial charge in [-0.15, -0.1) is 0 Å². The summed E-state index contributed by atoms with van der Waals surface area (Å²) >= 11 is 0. The van der Waals surface area contributed by atoms with E-state index < -0.39 is 83.3 Å². The van der Waals surface area contributed by atoms with Crippen LogP contribution in [0.25, 0.3) is 0 Å². The zero-order valence-electron chi connectivity index (χ0n) is 67.6. The van der Waals surface area contributed by atoms with E-state index in [0.717, 1.165) is 33.4 Å². The third-order valence-electron chi connectivity index (χ3n) is 20.9. The third kappa shape index (κ3) is 14.6. The summed E-state index contributed by atoms with van der Waals surface area (Å²) in [5.74, 6) is -1.81. The maximum absolute atomic E-state index is 13.3. The molecule has 1 spiro atoms. The van der Waals surface area contributed by atoms with E-state index in [9.17, 15) is 19.7 Å². The van der Waals surface area contributed by atoms with Crippen LogP contribution in [0.3, 0.4) is 0 Å². The van der Waals surface area contributed by atoms with E-state index in [2.05, 4.69) is 312 Å². The van der Waals surface area contributed by atoms with Crippen LogP contribution in [0.5, 0.6) is 0 Å². The highest BCUT2D eigenvalue weighted by atomic mass is 16.7. The number of hydrogen-bond acceptors (Lipinski definition) is 6. The van der Waals surface area contributed by atoms with Gasteiger partial charge in [-0.05, 0) is 148 Å². The Bertz CT molecular complexity index is 3140. The molecule has 0 bridgehead atoms. The van der Waals surface area contributed by atoms with Crippen LogP contribution in [0, 0.1) is 16.2 Å². The fourth-order valence-electron chi connectivity index (χ4n) is 14.6. The minimum Gasteiger partial charge on any atom is -0.396 e. The van der Waals surface area contributed by atoms with Gasteiger partial charge in [0.25, 0.3) is 0 Å². The highest BCUT2D eigenvalue weighted by Crippen LogP contribution is 2.73. The first-order valence-electron chi connectivity index (χ1n) is 35.7. The average molecular weight is 1280 g/mol. The van der Waals surface area contributed by atoms with Crippen LogP contribution < -0.4 is 0 Å². The van der Waals surface area contributed by atoms with Gasteiger partial charge in [0.05, 0.1) is 31.8 Å². The summed E-state index contributed by atoms with van der Waals surface area (Å²) in [5.41, 5.74) is 8.54. The summed E-state index contributed by atoms with van der Waals surface area (Å²) < 4.78 is 34.9. The largest absolute Gasteiger partial charge is 0.396 e. The maximum Gasteiger partial charge on any atom is 0.204 e. The van der Waals surface area contributed by atoms with E-state index in [4.69, 9.17) is 9.47 Å². The van der Waals surface area contributed by atoms with Gasteiger partial charge in [-0.3, -0.25) is 0 Å². The number of ether oxygens (including phenoxy) is 4. The molecule has 4 aromatic carbocycles. The first-order valence-corrected chi connectivity index (χ1v) is 35.7. The van der Waals surface area contributed by atoms with Crippen molar-refractivity contribution >= 4 is 0 Å². The molecule has 0 aromatic heterocycles. The summed E-state index contributed by atoms with van der Waals surface area (Å²) in [4.78, 5) is 0. The molecule has 524 valence electrons. The molecule has 2 saturated heterocycles. The minimum atomic E-state index is -1.81. The van der Waals surface area contributed by atoms with Crippen LogP contribution in [-0.2, 0) is 95.3 Å². The Balaban J connectivity index is 2.41. The Morgan fingerprint density at radius 3 is 0.774 bits per heavy atom. The second-order valence-electron chi connectivity index (χ2n) is 43.0. The molecule has 2 heterocycles. The number of hydrogen-bond donors (Lipinski definition) is 2. The number of aliphatic hydroxyl groups is 2. The smallest absolute Gasteiger partial charge is 0.204 e. The summed E-state index contributed by atoms with van der Waals surface area (Å²) in [6, 6.07) is 20.2. The SMILES string of the molecule is CC(C)(C)c1cc(C(C)(C)C)c(C2OC(c3c(C(C)(C)C)cc(C(C)(C)C)cc3C(C)(C)C)(C(C)(C)CO)OC(c3c(C(C)(C)C)cc(C(C)(C)C)cc3C(C)(C)C)(c3c(C(C)(C)C)cc(C(C)(C)C)cc3C(C)(C)C)C23COC(C(C)(C)CO)OC3)c(C(C)(C)C)c1. The van der Waals surface area contributed by atoms with Crippen LogP contribution in [0.15, 0.2) is 48.5 Å². The van der Waals surface area contributed by atoms with Crippen LogP contribution in [0.1, 0.15) is 372 Å². The quantitative estimate of drug-likeness (QED) is 0.183. The van der Waals surface area contributed by atoms with E-state index >= 15 is 0 Å². The monoisotopic (exact) mass is 1280 g/mol. The second-order valence-corrected chi connectivity index (χ2v) is 43.0. The first kappa shape index (κ1) is 78.6. The highest BCUT2D eigenvalue weighted by molar-refractivity contribution is 5.64. The van der Waals surface area contributed by atoms with Gasteiger partial charge in [0, 0.05) is 16.4 Å². The molecule has 2 atom stereocenters. The lowest BCUT2D eigenvalue weighted by molar-refractivity contribution is -0.464. The molecule has 6 nitrogen and oxygen atoms in total. The minimum absolute atomic E-state index is 0.110. The van der Waals surface area contributed by atoms with E-state index in [1.807, 2.05) is 13.8 Å². The summed E-state index contributed by atoms with van der Waals surface area (Å²) in [5, 5.41) is 24.8. The normalized spacial score (nSPS) is 21.7. The Morgan fingerprint density at radius 1 is 0.323 bits per heavy atom. The molecule has 0 saturated carbocycles. The van der Waals surface area contributed by atoms with Crippen molar-refractivity contribution in [1.82, 2.24) is 0 Å². The topological polar surface area (TPSA) is 77.4 Å². The lowest BCUT2D eigenvalue weighted by atomic mass is 9.51. The summed E-state index contributed by atoms with van der Waals surface area (Å²) in [7, 11) is 0. The molecule has 0 aliphatic carbocycles. The fraction of sp³-hybridized carbons (Fsp3) is 0.724. The van der Waals surface area contributed by atoms with Gasteiger partial charge >= 0.3 is 0 Å². The van der Waals surface area contributed by atoms with E-state index in [0.29, 0.717) is 0 Å². The lowest BCUT2D eigenvalue weighted by Crippen LogP contribution is -2.72. The summed E-state index contributed by atoms with van der Waals surface area (Å²) in [6.45, 7) is 93.7. The molecular formula is C87H140O6. The van der Waals surface area contributed by atoms with Crippen molar-refractivity contribution in [2.45, 2.75) is 366 Å². The molecule has 2 aliphatic rings. The van der Waals surface area contributed by atoms with E-state index in [-0.39, 0.29) is 48.1 Å². The van der Waals surface area contributed by atoms with Crippen molar-refractivity contribution in [2.75, 3.05) is 26.4 Å². The molecule has 6 rings (SSSR count). The van der Waals surface area contributed by atoms with E-state index in [1.165, 1.54) is 55.6 Å². The number of aliphatic hydroxyl groups excluding tert-OH is 2. The predicted octanol–water partition coefficient (Wildman–Crippen LogP) is 22.5. The van der Waals surface area contributed by atoms with Gasteiger partial charge in [0.15, 0.2) is 6.29 Å². The van der Waals surface area contributed by atoms with Gasteiger partial charge in [0.1, 0.15) is 11.7 Å². The standard InChI is InChI=1S/C87H140O6/c1-71(2,3)53-41-57(75(13,14)15)65(58(42-53)76(16,17)18)69-85(51-90-70(91-52-85)83(37,38)49-88)86(66-59(77(19,20)21)43-54(72(4,5)6)44-60(66)78(22,23)24,67-61(79(25,26)27)45-55(73(7,8)9)46-62(67)80(28,29)30)93-87(92-69,84(39,40)50-89)68-63(81(31,32)33)47-56(74(10,11)12)48-64(68)82(34,35)36/h41-48,69-70,88-89H,49-52H2,1-40H3. The van der Waals surface area contributed by atoms with Crippen LogP contribution in [-0.4, -0.2) is 42.9 Å². The predicted molar refractivity (Wildman–Crippen MR) is 397 cm³/mol. The second kappa shape index (κ2) is 23.9. The Labute approximate surface area is 572 Å². The molecule has 2 N–H and O–H groups in total. The molecular weight excluding hydrogens is 1140 g/mol. The van der Waals surface area contributed by atoms with Crippen molar-refractivity contribution in [1.29, 1.82) is 0 Å². The van der Waals surface area contributed by atoms with Crippen LogP contribution in [0.4, 0.5) is 0 Å². The third-order valence-corrected chi connectivity index (χ3v) is 20.9. The molecule has 0 radical (unpaired) electrons. The van der Waals surface area contributed by atoms with Crippen LogP contribution in [0.2, 0.25) is 0 Å². The molecule has 4 aromatic rings. The average Bonchev–Trinajstić information content (AvgIpc) is 0.653. The molecule has 0 amide bonds. The number of rotatable bonds is 8. The van der Waals surface area contributed by atoms with Crippen LogP contribution >= 0.6 is 0 Å². The highest BCUT2D eigenvalue weighted by Gasteiger charge is 2.75. The first-order chi connectivity index (χ1) is 41.1. The van der Waals surface area contributed by atoms with Crippen molar-refractivity contribution in [2.24, 2.45) is 16.2 Å². The van der Waals surface area contributed by atoms with Gasteiger partial charge in [-0.25, -0.2) is 0 Å². The Morgan fingerprint density at radius 2 is 0.559 bits per heavy atom. The van der Waals surface area contributed by atoms with Gasteiger partial charge in [0.2, 0.25) is 5.79 Å². The summed E-state index contributed by atoms with van der Waals surface area (Å²) in [6.07, 6.45) is -1.72. The molecule has 93 heavy (non-hydrogen) atoms. The molecule has 2 aliphatic heterocycles. The maximum atomic E-state index is 13.3. The molecule has 6 heteroatoms. The van der Waals surface area contributed by atoms with Crippen molar-refractivity contribution < 1.29 is 29.2 Å². The van der Waals surface area contributed by atoms with Crippen molar-refractivity contribution in [3.63, 3.8) is 0 Å². The molecule has 2 fully saturated rings. The number of benzene rings is 4. The zero-order valence-corrected chi connectivity index (χ0v) is 67.6. The lowest BCUT2D eigenvalue weighted by Gasteiger charge is -2.68.